The molecule has 4 rings (SSSR count). The quantitative estimate of drug-likeness (QED) is 0.432. The summed E-state index contributed by atoms with van der Waals surface area (Å²) in [7, 11) is 0. The molecule has 4 aromatic rings. The molecule has 0 aliphatic carbocycles. The number of nitrogens with zero attached hydrogens (tertiary/aromatic N) is 4. The molecule has 0 unspecified atom stereocenters. The topological polar surface area (TPSA) is 103 Å². The molecule has 0 fully saturated rings. The van der Waals surface area contributed by atoms with E-state index in [-0.39, 0.29) is 11.3 Å². The minimum atomic E-state index is -0.535. The Hall–Kier alpha value is -4.07. The van der Waals surface area contributed by atoms with Gasteiger partial charge in [0.25, 0.3) is 11.6 Å². The second kappa shape index (κ2) is 6.92. The SMILES string of the molecule is Cc1ccc(-n2nc3ccc(NC(=O)c4cccc([N+](=O)[O-])c4)cc3n2)cc1. The van der Waals surface area contributed by atoms with Crippen molar-refractivity contribution in [3.8, 4) is 5.69 Å². The van der Waals surface area contributed by atoms with E-state index in [1.807, 2.05) is 31.2 Å². The van der Waals surface area contributed by atoms with Crippen LogP contribution in [0.25, 0.3) is 16.7 Å². The maximum atomic E-state index is 12.4. The van der Waals surface area contributed by atoms with Gasteiger partial charge in [-0.2, -0.15) is 4.80 Å². The first-order valence-electron chi connectivity index (χ1n) is 8.49. The Morgan fingerprint density at radius 2 is 1.75 bits per heavy atom. The molecule has 1 aromatic heterocycles. The largest absolute Gasteiger partial charge is 0.322 e. The zero-order valence-corrected chi connectivity index (χ0v) is 14.9. The van der Waals surface area contributed by atoms with Crippen LogP contribution in [0.2, 0.25) is 0 Å². The van der Waals surface area contributed by atoms with Gasteiger partial charge >= 0.3 is 0 Å². The number of hydrogen-bond donors (Lipinski definition) is 1. The highest BCUT2D eigenvalue weighted by molar-refractivity contribution is 6.05. The van der Waals surface area contributed by atoms with Crippen LogP contribution >= 0.6 is 0 Å². The number of nitrogens with one attached hydrogen (secondary N) is 1. The van der Waals surface area contributed by atoms with E-state index < -0.39 is 10.8 Å². The molecule has 1 amide bonds. The van der Waals surface area contributed by atoms with E-state index in [0.29, 0.717) is 16.7 Å². The summed E-state index contributed by atoms with van der Waals surface area (Å²) in [5.41, 5.74) is 3.89. The monoisotopic (exact) mass is 373 g/mol. The molecule has 0 aliphatic rings. The van der Waals surface area contributed by atoms with E-state index in [1.165, 1.54) is 29.1 Å². The lowest BCUT2D eigenvalue weighted by atomic mass is 10.2. The molecule has 0 radical (unpaired) electrons. The molecule has 0 saturated carbocycles. The van der Waals surface area contributed by atoms with Crippen LogP contribution < -0.4 is 5.32 Å². The van der Waals surface area contributed by atoms with Crippen LogP contribution in [0, 0.1) is 17.0 Å². The molecule has 0 bridgehead atoms. The summed E-state index contributed by atoms with van der Waals surface area (Å²) in [6.45, 7) is 2.01. The third-order valence-electron chi connectivity index (χ3n) is 4.22. The van der Waals surface area contributed by atoms with Crippen molar-refractivity contribution in [3.05, 3.63) is 88.0 Å². The Labute approximate surface area is 159 Å². The summed E-state index contributed by atoms with van der Waals surface area (Å²) >= 11 is 0. The van der Waals surface area contributed by atoms with Crippen LogP contribution in [0.4, 0.5) is 11.4 Å². The van der Waals surface area contributed by atoms with E-state index in [4.69, 9.17) is 0 Å². The number of nitro groups is 1. The molecule has 3 aromatic carbocycles. The minimum Gasteiger partial charge on any atom is -0.322 e. The standard InChI is InChI=1S/C20H15N5O3/c1-13-5-8-16(9-6-13)24-22-18-10-7-15(12-19(18)23-24)21-20(26)14-3-2-4-17(11-14)25(27)28/h2-12H,1H3,(H,21,26). The maximum absolute atomic E-state index is 12.4. The van der Waals surface area contributed by atoms with Gasteiger partial charge in [-0.1, -0.05) is 23.8 Å². The summed E-state index contributed by atoms with van der Waals surface area (Å²) in [5.74, 6) is -0.436. The Morgan fingerprint density at radius 1 is 1.00 bits per heavy atom. The molecule has 1 heterocycles. The third kappa shape index (κ3) is 3.43. The fourth-order valence-corrected chi connectivity index (χ4v) is 2.75. The Morgan fingerprint density at radius 3 is 2.50 bits per heavy atom. The Kier molecular flexibility index (Phi) is 4.29. The van der Waals surface area contributed by atoms with Crippen molar-refractivity contribution in [1.29, 1.82) is 0 Å². The van der Waals surface area contributed by atoms with Gasteiger partial charge in [-0.25, -0.2) is 0 Å². The zero-order chi connectivity index (χ0) is 19.7. The smallest absolute Gasteiger partial charge is 0.270 e. The van der Waals surface area contributed by atoms with Crippen molar-refractivity contribution in [2.75, 3.05) is 5.32 Å². The van der Waals surface area contributed by atoms with Crippen molar-refractivity contribution in [2.24, 2.45) is 0 Å². The lowest BCUT2D eigenvalue weighted by Crippen LogP contribution is -2.12. The fraction of sp³-hybridized carbons (Fsp3) is 0.0500. The second-order valence-corrected chi connectivity index (χ2v) is 6.29. The number of carbonyl (C=O) groups excluding carboxylic acids is 1. The van der Waals surface area contributed by atoms with Gasteiger partial charge in [0.2, 0.25) is 0 Å². The van der Waals surface area contributed by atoms with Crippen molar-refractivity contribution < 1.29 is 9.72 Å². The number of aryl methyl sites for hydroxylation is 1. The predicted octanol–water partition coefficient (Wildman–Crippen LogP) is 3.89. The summed E-state index contributed by atoms with van der Waals surface area (Å²) in [5, 5.41) is 22.5. The number of fused-ring (bicyclic) bond motifs is 1. The first-order chi connectivity index (χ1) is 13.5. The van der Waals surface area contributed by atoms with E-state index in [2.05, 4.69) is 15.5 Å². The molecular weight excluding hydrogens is 358 g/mol. The number of amides is 1. The number of aromatic nitrogens is 3. The van der Waals surface area contributed by atoms with Gasteiger partial charge in [0.1, 0.15) is 11.0 Å². The average Bonchev–Trinajstić information content (AvgIpc) is 3.12. The maximum Gasteiger partial charge on any atom is 0.270 e. The molecule has 1 N–H and O–H groups in total. The highest BCUT2D eigenvalue weighted by Gasteiger charge is 2.13. The first kappa shape index (κ1) is 17.3. The normalized spacial score (nSPS) is 10.8. The molecule has 0 aliphatic heterocycles. The van der Waals surface area contributed by atoms with Crippen molar-refractivity contribution in [1.82, 2.24) is 15.0 Å². The Balaban J connectivity index is 1.59. The van der Waals surface area contributed by atoms with Crippen LogP contribution in [-0.4, -0.2) is 25.8 Å². The second-order valence-electron chi connectivity index (χ2n) is 6.29. The lowest BCUT2D eigenvalue weighted by molar-refractivity contribution is -0.384. The molecule has 138 valence electrons. The van der Waals surface area contributed by atoms with Crippen LogP contribution in [0.5, 0.6) is 0 Å². The number of nitro benzene ring substituents is 1. The third-order valence-corrected chi connectivity index (χ3v) is 4.22. The van der Waals surface area contributed by atoms with Gasteiger partial charge in [0.05, 0.1) is 10.6 Å². The van der Waals surface area contributed by atoms with Gasteiger partial charge in [0, 0.05) is 23.4 Å². The number of anilines is 1. The van der Waals surface area contributed by atoms with Gasteiger partial charge in [-0.3, -0.25) is 14.9 Å². The van der Waals surface area contributed by atoms with Gasteiger partial charge in [-0.15, -0.1) is 10.2 Å². The molecule has 0 atom stereocenters. The lowest BCUT2D eigenvalue weighted by Gasteiger charge is -2.04. The van der Waals surface area contributed by atoms with Crippen LogP contribution in [-0.2, 0) is 0 Å². The molecular formula is C20H15N5O3. The number of rotatable bonds is 4. The van der Waals surface area contributed by atoms with Crippen molar-refractivity contribution in [3.63, 3.8) is 0 Å². The first-order valence-corrected chi connectivity index (χ1v) is 8.49. The zero-order valence-electron chi connectivity index (χ0n) is 14.9. The predicted molar refractivity (Wildman–Crippen MR) is 105 cm³/mol. The molecule has 0 saturated heterocycles. The van der Waals surface area contributed by atoms with Crippen molar-refractivity contribution in [2.45, 2.75) is 6.92 Å². The van der Waals surface area contributed by atoms with Gasteiger partial charge in [-0.05, 0) is 43.3 Å². The van der Waals surface area contributed by atoms with Crippen LogP contribution in [0.3, 0.4) is 0 Å². The molecule has 28 heavy (non-hydrogen) atoms. The number of benzene rings is 3. The van der Waals surface area contributed by atoms with Gasteiger partial charge < -0.3 is 5.32 Å². The van der Waals surface area contributed by atoms with Gasteiger partial charge in [0.15, 0.2) is 0 Å². The number of carbonyl (C=O) groups is 1. The van der Waals surface area contributed by atoms with E-state index in [9.17, 15) is 14.9 Å². The van der Waals surface area contributed by atoms with E-state index in [1.54, 1.807) is 18.2 Å². The van der Waals surface area contributed by atoms with Crippen LogP contribution in [0.1, 0.15) is 15.9 Å². The average molecular weight is 373 g/mol. The highest BCUT2D eigenvalue weighted by atomic mass is 16.6. The van der Waals surface area contributed by atoms with Crippen molar-refractivity contribution >= 4 is 28.3 Å². The fourth-order valence-electron chi connectivity index (χ4n) is 2.75. The number of hydrogen-bond acceptors (Lipinski definition) is 5. The highest BCUT2D eigenvalue weighted by Crippen LogP contribution is 2.19. The Bertz CT molecular complexity index is 1200. The summed E-state index contributed by atoms with van der Waals surface area (Å²) in [6.07, 6.45) is 0. The number of non-ortho nitro benzene ring substituents is 1. The summed E-state index contributed by atoms with van der Waals surface area (Å²) < 4.78 is 0. The summed E-state index contributed by atoms with van der Waals surface area (Å²) in [6, 6.07) is 18.6. The van der Waals surface area contributed by atoms with E-state index in [0.717, 1.165) is 11.3 Å². The molecule has 8 nitrogen and oxygen atoms in total. The molecule has 8 heteroatoms. The van der Waals surface area contributed by atoms with Crippen LogP contribution in [0.15, 0.2) is 66.7 Å². The molecule has 0 spiro atoms. The van der Waals surface area contributed by atoms with E-state index >= 15 is 0 Å². The minimum absolute atomic E-state index is 0.135. The summed E-state index contributed by atoms with van der Waals surface area (Å²) in [4.78, 5) is 24.3.